The van der Waals surface area contributed by atoms with Crippen LogP contribution in [0, 0.1) is 5.82 Å². The Hall–Kier alpha value is -3.07. The van der Waals surface area contributed by atoms with E-state index in [9.17, 15) is 4.39 Å². The number of aromatic nitrogens is 3. The van der Waals surface area contributed by atoms with E-state index in [-0.39, 0.29) is 29.2 Å². The molecule has 0 fully saturated rings. The number of benzene rings is 1. The predicted octanol–water partition coefficient (Wildman–Crippen LogP) is 3.86. The molecule has 0 aliphatic carbocycles. The molecular formula is C20H25FN4O4. The van der Waals surface area contributed by atoms with Crippen LogP contribution >= 0.6 is 0 Å². The molecule has 1 N–H and O–H groups in total. The van der Waals surface area contributed by atoms with Crippen molar-refractivity contribution in [3.05, 3.63) is 36.2 Å². The summed E-state index contributed by atoms with van der Waals surface area (Å²) in [5, 5.41) is 3.06. The van der Waals surface area contributed by atoms with Gasteiger partial charge in [-0.25, -0.2) is 15.0 Å². The number of hydrogen-bond donors (Lipinski definition) is 1. The first-order valence-electron chi connectivity index (χ1n) is 9.18. The molecular weight excluding hydrogens is 379 g/mol. The van der Waals surface area contributed by atoms with E-state index in [1.165, 1.54) is 25.4 Å². The third-order valence-corrected chi connectivity index (χ3v) is 3.77. The first kappa shape index (κ1) is 22.2. The highest BCUT2D eigenvalue weighted by Gasteiger charge is 2.17. The second-order valence-corrected chi connectivity index (χ2v) is 6.46. The van der Waals surface area contributed by atoms with E-state index in [2.05, 4.69) is 20.3 Å². The van der Waals surface area contributed by atoms with Crippen LogP contribution in [0.1, 0.15) is 39.5 Å². The SMILES string of the molecule is CC=O.CNC(C)COc1cnc(Oc2ccc3nc(C(C)C)oc3c2F)cn1. The number of nitrogens with one attached hydrogen (secondary N) is 1. The van der Waals surface area contributed by atoms with Crippen molar-refractivity contribution in [3.63, 3.8) is 0 Å². The third kappa shape index (κ3) is 5.95. The summed E-state index contributed by atoms with van der Waals surface area (Å²) in [6, 6.07) is 3.32. The lowest BCUT2D eigenvalue weighted by Crippen LogP contribution is -2.28. The minimum atomic E-state index is -0.619. The number of aldehydes is 1. The molecule has 156 valence electrons. The van der Waals surface area contributed by atoms with Crippen molar-refractivity contribution in [2.45, 2.75) is 39.7 Å². The fourth-order valence-corrected chi connectivity index (χ4v) is 2.12. The van der Waals surface area contributed by atoms with E-state index in [1.807, 2.05) is 27.8 Å². The highest BCUT2D eigenvalue weighted by atomic mass is 19.1. The molecule has 1 aromatic carbocycles. The number of carbonyl (C=O) groups excluding carboxylic acids is 1. The van der Waals surface area contributed by atoms with Gasteiger partial charge >= 0.3 is 0 Å². The highest BCUT2D eigenvalue weighted by Crippen LogP contribution is 2.31. The zero-order chi connectivity index (χ0) is 21.4. The van der Waals surface area contributed by atoms with Crippen LogP contribution in [0.2, 0.25) is 0 Å². The average Bonchev–Trinajstić information content (AvgIpc) is 3.15. The lowest BCUT2D eigenvalue weighted by atomic mass is 10.2. The molecule has 2 heterocycles. The molecule has 9 heteroatoms. The summed E-state index contributed by atoms with van der Waals surface area (Å²) < 4.78 is 31.1. The average molecular weight is 404 g/mol. The van der Waals surface area contributed by atoms with Crippen LogP contribution in [-0.2, 0) is 4.79 Å². The number of oxazole rings is 1. The lowest BCUT2D eigenvalue weighted by Gasteiger charge is -2.11. The van der Waals surface area contributed by atoms with Crippen LogP contribution in [0.4, 0.5) is 4.39 Å². The Balaban J connectivity index is 0.000000941. The van der Waals surface area contributed by atoms with Crippen molar-refractivity contribution in [1.82, 2.24) is 20.3 Å². The number of rotatable bonds is 7. The molecule has 0 spiro atoms. The Labute approximate surface area is 168 Å². The zero-order valence-electron chi connectivity index (χ0n) is 17.1. The molecule has 0 aliphatic heterocycles. The van der Waals surface area contributed by atoms with E-state index >= 15 is 0 Å². The number of fused-ring (bicyclic) bond motifs is 1. The number of ether oxygens (including phenoxy) is 2. The van der Waals surface area contributed by atoms with Crippen molar-refractivity contribution in [2.75, 3.05) is 13.7 Å². The van der Waals surface area contributed by atoms with E-state index in [0.29, 0.717) is 23.9 Å². The largest absolute Gasteiger partial charge is 0.475 e. The van der Waals surface area contributed by atoms with Crippen LogP contribution in [0.25, 0.3) is 11.1 Å². The third-order valence-electron chi connectivity index (χ3n) is 3.77. The van der Waals surface area contributed by atoms with Gasteiger partial charge in [-0.2, -0.15) is 4.39 Å². The summed E-state index contributed by atoms with van der Waals surface area (Å²) in [7, 11) is 1.85. The van der Waals surface area contributed by atoms with Crippen molar-refractivity contribution in [3.8, 4) is 17.5 Å². The van der Waals surface area contributed by atoms with Gasteiger partial charge in [0.25, 0.3) is 0 Å². The molecule has 0 saturated carbocycles. The van der Waals surface area contributed by atoms with Gasteiger partial charge in [-0.1, -0.05) is 13.8 Å². The predicted molar refractivity (Wildman–Crippen MR) is 106 cm³/mol. The molecule has 1 atom stereocenters. The monoisotopic (exact) mass is 404 g/mol. The van der Waals surface area contributed by atoms with E-state index in [1.54, 1.807) is 6.07 Å². The van der Waals surface area contributed by atoms with Crippen molar-refractivity contribution >= 4 is 17.4 Å². The summed E-state index contributed by atoms with van der Waals surface area (Å²) in [5.74, 6) is 0.444. The van der Waals surface area contributed by atoms with Crippen LogP contribution < -0.4 is 14.8 Å². The standard InChI is InChI=1S/C18H21FN4O3.C2H4O/c1-10(2)18-23-12-5-6-13(16(19)17(12)26-18)25-15-8-21-14(7-22-15)24-9-11(3)20-4;1-2-3/h5-8,10-11,20H,9H2,1-4H3;2H,1H3. The van der Waals surface area contributed by atoms with E-state index in [0.717, 1.165) is 6.29 Å². The summed E-state index contributed by atoms with van der Waals surface area (Å²) >= 11 is 0. The fraction of sp³-hybridized carbons (Fsp3) is 0.400. The maximum absolute atomic E-state index is 14.6. The minimum absolute atomic E-state index is 0.00395. The lowest BCUT2D eigenvalue weighted by molar-refractivity contribution is -0.106. The smallest absolute Gasteiger partial charge is 0.238 e. The number of hydrogen-bond acceptors (Lipinski definition) is 8. The second-order valence-electron chi connectivity index (χ2n) is 6.46. The zero-order valence-corrected chi connectivity index (χ0v) is 17.1. The summed E-state index contributed by atoms with van der Waals surface area (Å²) in [6.07, 6.45) is 3.56. The Morgan fingerprint density at radius 1 is 1.21 bits per heavy atom. The minimum Gasteiger partial charge on any atom is -0.475 e. The summed E-state index contributed by atoms with van der Waals surface area (Å²) in [4.78, 5) is 21.3. The molecule has 3 rings (SSSR count). The van der Waals surface area contributed by atoms with Crippen LogP contribution in [0.5, 0.6) is 17.5 Å². The highest BCUT2D eigenvalue weighted by molar-refractivity contribution is 5.75. The van der Waals surface area contributed by atoms with Crippen molar-refractivity contribution in [1.29, 1.82) is 0 Å². The molecule has 29 heavy (non-hydrogen) atoms. The normalized spacial score (nSPS) is 11.7. The molecule has 0 amide bonds. The Bertz CT molecular complexity index is 928. The first-order valence-corrected chi connectivity index (χ1v) is 9.18. The van der Waals surface area contributed by atoms with Gasteiger partial charge in [-0.3, -0.25) is 0 Å². The van der Waals surface area contributed by atoms with Crippen LogP contribution in [0.15, 0.2) is 28.9 Å². The number of halogens is 1. The van der Waals surface area contributed by atoms with Crippen molar-refractivity contribution in [2.24, 2.45) is 0 Å². The van der Waals surface area contributed by atoms with Gasteiger partial charge < -0.3 is 24.0 Å². The number of carbonyl (C=O) groups is 1. The quantitative estimate of drug-likeness (QED) is 0.593. The molecule has 0 radical (unpaired) electrons. The van der Waals surface area contributed by atoms with E-state index < -0.39 is 5.82 Å². The Kier molecular flexibility index (Phi) is 8.02. The van der Waals surface area contributed by atoms with Crippen molar-refractivity contribution < 1.29 is 23.1 Å². The van der Waals surface area contributed by atoms with Crippen LogP contribution in [0.3, 0.4) is 0 Å². The number of likely N-dealkylation sites (N-methyl/N-ethyl adjacent to an activating group) is 1. The van der Waals surface area contributed by atoms with Gasteiger partial charge in [-0.15, -0.1) is 0 Å². The molecule has 0 bridgehead atoms. The van der Waals surface area contributed by atoms with Crippen LogP contribution in [-0.4, -0.2) is 40.9 Å². The Morgan fingerprint density at radius 2 is 1.86 bits per heavy atom. The fourth-order valence-electron chi connectivity index (χ4n) is 2.12. The van der Waals surface area contributed by atoms with E-state index in [4.69, 9.17) is 18.7 Å². The maximum Gasteiger partial charge on any atom is 0.238 e. The first-order chi connectivity index (χ1) is 13.9. The molecule has 3 aromatic rings. The topological polar surface area (TPSA) is 99.4 Å². The molecule has 2 aromatic heterocycles. The molecule has 0 saturated heterocycles. The maximum atomic E-state index is 14.6. The Morgan fingerprint density at radius 3 is 2.45 bits per heavy atom. The second kappa shape index (κ2) is 10.5. The number of nitrogens with zero attached hydrogens (tertiary/aromatic N) is 3. The summed E-state index contributed by atoms with van der Waals surface area (Å²) in [5.41, 5.74) is 0.521. The van der Waals surface area contributed by atoms with Gasteiger partial charge in [0.1, 0.15) is 18.4 Å². The molecule has 0 aliphatic rings. The van der Waals surface area contributed by atoms with Gasteiger partial charge in [0.2, 0.25) is 17.6 Å². The molecule has 1 unspecified atom stereocenters. The molecule has 8 nitrogen and oxygen atoms in total. The van der Waals surface area contributed by atoms with Gasteiger partial charge in [0, 0.05) is 12.0 Å². The van der Waals surface area contributed by atoms with Gasteiger partial charge in [-0.05, 0) is 33.0 Å². The summed E-state index contributed by atoms with van der Waals surface area (Å²) in [6.45, 7) is 7.74. The van der Waals surface area contributed by atoms with Gasteiger partial charge in [0.15, 0.2) is 17.2 Å². The van der Waals surface area contributed by atoms with Gasteiger partial charge in [0.05, 0.1) is 12.4 Å².